The molecule has 0 spiro atoms. The Labute approximate surface area is 96.6 Å². The zero-order valence-electron chi connectivity index (χ0n) is 10.2. The van der Waals surface area contributed by atoms with Crippen LogP contribution in [0.4, 0.5) is 4.39 Å². The average molecular weight is 225 g/mol. The van der Waals surface area contributed by atoms with Gasteiger partial charge in [-0.2, -0.15) is 0 Å². The predicted molar refractivity (Wildman–Crippen MR) is 63.8 cm³/mol. The number of hydrogen-bond donors (Lipinski definition) is 1. The zero-order valence-corrected chi connectivity index (χ0v) is 10.2. The first-order valence-electron chi connectivity index (χ1n) is 5.51. The lowest BCUT2D eigenvalue weighted by Crippen LogP contribution is -2.33. The van der Waals surface area contributed by atoms with E-state index in [0.717, 1.165) is 5.56 Å². The second-order valence-corrected chi connectivity index (χ2v) is 5.02. The van der Waals surface area contributed by atoms with Crippen LogP contribution in [0.3, 0.4) is 0 Å². The molecule has 1 aromatic rings. The van der Waals surface area contributed by atoms with Crippen molar-refractivity contribution in [1.29, 1.82) is 0 Å². The van der Waals surface area contributed by atoms with Crippen molar-refractivity contribution in [2.24, 2.45) is 5.73 Å². The first-order chi connectivity index (χ1) is 7.37. The van der Waals surface area contributed by atoms with E-state index in [-0.39, 0.29) is 17.5 Å². The summed E-state index contributed by atoms with van der Waals surface area (Å²) in [5, 5.41) is 0. The van der Waals surface area contributed by atoms with Gasteiger partial charge >= 0.3 is 0 Å². The molecule has 0 aliphatic heterocycles. The molecule has 0 fully saturated rings. The van der Waals surface area contributed by atoms with Crippen molar-refractivity contribution in [2.45, 2.75) is 38.8 Å². The molecule has 1 atom stereocenters. The summed E-state index contributed by atoms with van der Waals surface area (Å²) in [5.74, 6) is -0.221. The van der Waals surface area contributed by atoms with Gasteiger partial charge in [0.05, 0.1) is 12.2 Å². The molecule has 2 nitrogen and oxygen atoms in total. The van der Waals surface area contributed by atoms with Crippen molar-refractivity contribution in [1.82, 2.24) is 0 Å². The highest BCUT2D eigenvalue weighted by molar-refractivity contribution is 5.17. The smallest absolute Gasteiger partial charge is 0.123 e. The monoisotopic (exact) mass is 225 g/mol. The van der Waals surface area contributed by atoms with Crippen molar-refractivity contribution < 1.29 is 9.13 Å². The van der Waals surface area contributed by atoms with E-state index in [2.05, 4.69) is 0 Å². The molecule has 1 aromatic carbocycles. The third-order valence-corrected chi connectivity index (χ3v) is 2.12. The van der Waals surface area contributed by atoms with E-state index in [1.54, 1.807) is 6.07 Å². The van der Waals surface area contributed by atoms with Crippen LogP contribution in [0.25, 0.3) is 0 Å². The Morgan fingerprint density at radius 1 is 1.38 bits per heavy atom. The molecule has 2 N–H and O–H groups in total. The molecule has 3 heteroatoms. The van der Waals surface area contributed by atoms with E-state index < -0.39 is 0 Å². The first kappa shape index (κ1) is 13.1. The molecule has 90 valence electrons. The fraction of sp³-hybridized carbons (Fsp3) is 0.538. The van der Waals surface area contributed by atoms with Gasteiger partial charge in [-0.25, -0.2) is 4.39 Å². The fourth-order valence-corrected chi connectivity index (χ4v) is 1.38. The van der Waals surface area contributed by atoms with Crippen LogP contribution >= 0.6 is 0 Å². The third kappa shape index (κ3) is 5.24. The predicted octanol–water partition coefficient (Wildman–Crippen LogP) is 2.51. The lowest BCUT2D eigenvalue weighted by atomic mass is 10.1. The van der Waals surface area contributed by atoms with Crippen LogP contribution < -0.4 is 5.73 Å². The molecule has 0 saturated carbocycles. The Kier molecular flexibility index (Phi) is 4.44. The van der Waals surface area contributed by atoms with Gasteiger partial charge in [-0.15, -0.1) is 0 Å². The largest absolute Gasteiger partial charge is 0.374 e. The maximum atomic E-state index is 12.9. The van der Waals surface area contributed by atoms with E-state index in [4.69, 9.17) is 10.5 Å². The quantitative estimate of drug-likeness (QED) is 0.854. The molecule has 16 heavy (non-hydrogen) atoms. The van der Waals surface area contributed by atoms with Gasteiger partial charge < -0.3 is 10.5 Å². The lowest BCUT2D eigenvalue weighted by Gasteiger charge is -2.22. The molecule has 0 aliphatic rings. The topological polar surface area (TPSA) is 35.2 Å². The Bertz CT molecular complexity index is 333. The van der Waals surface area contributed by atoms with Crippen LogP contribution in [0.5, 0.6) is 0 Å². The van der Waals surface area contributed by atoms with Gasteiger partial charge in [-0.1, -0.05) is 12.1 Å². The molecule has 0 aliphatic carbocycles. The summed E-state index contributed by atoms with van der Waals surface area (Å²) in [6.07, 6.45) is 0.633. The lowest BCUT2D eigenvalue weighted by molar-refractivity contribution is -0.00984. The van der Waals surface area contributed by atoms with E-state index >= 15 is 0 Å². The Hall–Kier alpha value is -0.930. The summed E-state index contributed by atoms with van der Waals surface area (Å²) in [6, 6.07) is 6.42. The summed E-state index contributed by atoms with van der Waals surface area (Å²) in [7, 11) is 0. The molecule has 1 unspecified atom stereocenters. The van der Waals surface area contributed by atoms with Gasteiger partial charge in [0.25, 0.3) is 0 Å². The van der Waals surface area contributed by atoms with Crippen molar-refractivity contribution in [3.8, 4) is 0 Å². The zero-order chi connectivity index (χ0) is 12.2. The SMILES string of the molecule is CC(C)(C)OCC(N)Cc1cccc(F)c1. The van der Waals surface area contributed by atoms with E-state index in [1.807, 2.05) is 26.8 Å². The number of halogens is 1. The number of benzene rings is 1. The summed E-state index contributed by atoms with van der Waals surface area (Å²) in [4.78, 5) is 0. The Balaban J connectivity index is 2.43. The van der Waals surface area contributed by atoms with Crippen molar-refractivity contribution in [3.63, 3.8) is 0 Å². The summed E-state index contributed by atoms with van der Waals surface area (Å²) < 4.78 is 18.5. The highest BCUT2D eigenvalue weighted by Crippen LogP contribution is 2.09. The first-order valence-corrected chi connectivity index (χ1v) is 5.51. The second-order valence-electron chi connectivity index (χ2n) is 5.02. The number of hydrogen-bond acceptors (Lipinski definition) is 2. The van der Waals surface area contributed by atoms with Gasteiger partial charge in [0.15, 0.2) is 0 Å². The van der Waals surface area contributed by atoms with Gasteiger partial charge in [-0.3, -0.25) is 0 Å². The minimum Gasteiger partial charge on any atom is -0.374 e. The van der Waals surface area contributed by atoms with Crippen LogP contribution in [0.15, 0.2) is 24.3 Å². The van der Waals surface area contributed by atoms with Crippen LogP contribution in [0, 0.1) is 5.82 Å². The minimum absolute atomic E-state index is 0.0963. The van der Waals surface area contributed by atoms with Crippen molar-refractivity contribution >= 4 is 0 Å². The molecular weight excluding hydrogens is 205 g/mol. The van der Waals surface area contributed by atoms with Crippen LogP contribution in [0.2, 0.25) is 0 Å². The van der Waals surface area contributed by atoms with E-state index in [0.29, 0.717) is 13.0 Å². The molecule has 0 aromatic heterocycles. The van der Waals surface area contributed by atoms with Crippen molar-refractivity contribution in [3.05, 3.63) is 35.6 Å². The molecule has 0 saturated heterocycles. The maximum Gasteiger partial charge on any atom is 0.123 e. The molecule has 0 heterocycles. The Morgan fingerprint density at radius 3 is 2.62 bits per heavy atom. The van der Waals surface area contributed by atoms with Gasteiger partial charge in [0.2, 0.25) is 0 Å². The molecular formula is C13H20FNO. The van der Waals surface area contributed by atoms with Crippen LogP contribution in [-0.2, 0) is 11.2 Å². The number of rotatable bonds is 4. The molecule has 0 radical (unpaired) electrons. The fourth-order valence-electron chi connectivity index (χ4n) is 1.38. The summed E-state index contributed by atoms with van der Waals surface area (Å²) in [6.45, 7) is 6.45. The molecule has 0 amide bonds. The van der Waals surface area contributed by atoms with Gasteiger partial charge in [0, 0.05) is 6.04 Å². The normalized spacial score (nSPS) is 13.8. The maximum absolute atomic E-state index is 12.9. The van der Waals surface area contributed by atoms with E-state index in [1.165, 1.54) is 12.1 Å². The average Bonchev–Trinajstić information content (AvgIpc) is 2.14. The highest BCUT2D eigenvalue weighted by atomic mass is 19.1. The van der Waals surface area contributed by atoms with Crippen molar-refractivity contribution in [2.75, 3.05) is 6.61 Å². The molecule has 0 bridgehead atoms. The summed E-state index contributed by atoms with van der Waals surface area (Å²) in [5.41, 5.74) is 6.64. The Morgan fingerprint density at radius 2 is 2.06 bits per heavy atom. The van der Waals surface area contributed by atoms with Crippen LogP contribution in [-0.4, -0.2) is 18.2 Å². The van der Waals surface area contributed by atoms with E-state index in [9.17, 15) is 4.39 Å². The second kappa shape index (κ2) is 5.41. The van der Waals surface area contributed by atoms with Gasteiger partial charge in [-0.05, 0) is 44.9 Å². The van der Waals surface area contributed by atoms with Crippen LogP contribution in [0.1, 0.15) is 26.3 Å². The number of nitrogens with two attached hydrogens (primary N) is 1. The minimum atomic E-state index is -0.221. The standard InChI is InChI=1S/C13H20FNO/c1-13(2,3)16-9-12(15)8-10-5-4-6-11(14)7-10/h4-7,12H,8-9,15H2,1-3H3. The van der Waals surface area contributed by atoms with Gasteiger partial charge in [0.1, 0.15) is 5.82 Å². The molecule has 1 rings (SSSR count). The number of ether oxygens (including phenoxy) is 1. The summed E-state index contributed by atoms with van der Waals surface area (Å²) >= 11 is 0. The third-order valence-electron chi connectivity index (χ3n) is 2.12. The highest BCUT2D eigenvalue weighted by Gasteiger charge is 2.13.